The Morgan fingerprint density at radius 1 is 1.38 bits per heavy atom. The van der Waals surface area contributed by atoms with Crippen LogP contribution in [0.15, 0.2) is 39.8 Å². The van der Waals surface area contributed by atoms with Crippen molar-refractivity contribution < 1.29 is 17.7 Å². The molecular formula is C13H15N3O4S. The first-order chi connectivity index (χ1) is 9.77. The highest BCUT2D eigenvalue weighted by atomic mass is 32.2. The topological polar surface area (TPSA) is 115 Å². The first kappa shape index (κ1) is 15.2. The lowest BCUT2D eigenvalue weighted by Gasteiger charge is -2.14. The number of carbonyl (C=O) groups excluding carboxylic acids is 1. The molecule has 0 radical (unpaired) electrons. The highest BCUT2D eigenvalue weighted by Crippen LogP contribution is 2.17. The van der Waals surface area contributed by atoms with Crippen molar-refractivity contribution in [2.45, 2.75) is 24.8 Å². The van der Waals surface area contributed by atoms with E-state index in [0.29, 0.717) is 11.3 Å². The van der Waals surface area contributed by atoms with E-state index < -0.39 is 22.0 Å². The number of rotatable bonds is 4. The molecule has 112 valence electrons. The van der Waals surface area contributed by atoms with E-state index in [1.165, 1.54) is 18.2 Å². The lowest BCUT2D eigenvalue weighted by Crippen LogP contribution is -2.27. The minimum Gasteiger partial charge on any atom is -0.361 e. The second-order valence-electron chi connectivity index (χ2n) is 4.64. The van der Waals surface area contributed by atoms with Gasteiger partial charge in [-0.2, -0.15) is 0 Å². The van der Waals surface area contributed by atoms with Crippen LogP contribution in [0.5, 0.6) is 0 Å². The van der Waals surface area contributed by atoms with Crippen LogP contribution in [0.1, 0.15) is 34.8 Å². The molecule has 0 aliphatic heterocycles. The van der Waals surface area contributed by atoms with Crippen LogP contribution >= 0.6 is 0 Å². The number of aromatic nitrogens is 1. The molecule has 0 spiro atoms. The van der Waals surface area contributed by atoms with Gasteiger partial charge in [-0.05, 0) is 31.5 Å². The third-order valence-corrected chi connectivity index (χ3v) is 3.81. The van der Waals surface area contributed by atoms with Gasteiger partial charge in [0.15, 0.2) is 5.69 Å². The highest BCUT2D eigenvalue weighted by molar-refractivity contribution is 7.89. The maximum atomic E-state index is 11.9. The van der Waals surface area contributed by atoms with E-state index >= 15 is 0 Å². The predicted octanol–water partition coefficient (Wildman–Crippen LogP) is 1.12. The number of amides is 1. The van der Waals surface area contributed by atoms with Crippen LogP contribution in [0.4, 0.5) is 0 Å². The number of primary sulfonamides is 1. The summed E-state index contributed by atoms with van der Waals surface area (Å²) in [5.41, 5.74) is 0.789. The molecule has 7 nitrogen and oxygen atoms in total. The Balaban J connectivity index is 2.17. The van der Waals surface area contributed by atoms with E-state index in [9.17, 15) is 13.2 Å². The molecule has 1 heterocycles. The molecule has 0 saturated carbocycles. The van der Waals surface area contributed by atoms with Crippen LogP contribution in [0.2, 0.25) is 0 Å². The number of carbonyl (C=O) groups is 1. The molecule has 0 fully saturated rings. The summed E-state index contributed by atoms with van der Waals surface area (Å²) in [6, 6.07) is 7.20. The second kappa shape index (κ2) is 5.66. The van der Waals surface area contributed by atoms with Crippen molar-refractivity contribution >= 4 is 15.9 Å². The SMILES string of the molecule is Cc1cc(C(=O)NC(C)c2cccc(S(N)(=O)=O)c2)no1. The van der Waals surface area contributed by atoms with Gasteiger partial charge in [0.2, 0.25) is 10.0 Å². The van der Waals surface area contributed by atoms with Gasteiger partial charge in [0.05, 0.1) is 10.9 Å². The van der Waals surface area contributed by atoms with Crippen molar-refractivity contribution in [2.24, 2.45) is 5.14 Å². The number of nitrogens with two attached hydrogens (primary N) is 1. The van der Waals surface area contributed by atoms with E-state index in [1.807, 2.05) is 0 Å². The minimum atomic E-state index is -3.78. The second-order valence-corrected chi connectivity index (χ2v) is 6.20. The molecule has 0 aliphatic rings. The number of nitrogens with zero attached hydrogens (tertiary/aromatic N) is 1. The maximum Gasteiger partial charge on any atom is 0.273 e. The molecule has 1 aromatic carbocycles. The van der Waals surface area contributed by atoms with Crippen molar-refractivity contribution in [2.75, 3.05) is 0 Å². The van der Waals surface area contributed by atoms with Crippen LogP contribution in [0, 0.1) is 6.92 Å². The predicted molar refractivity (Wildman–Crippen MR) is 74.9 cm³/mol. The van der Waals surface area contributed by atoms with E-state index in [0.717, 1.165) is 0 Å². The summed E-state index contributed by atoms with van der Waals surface area (Å²) in [5.74, 6) is 0.129. The van der Waals surface area contributed by atoms with Crippen LogP contribution in [-0.4, -0.2) is 19.5 Å². The van der Waals surface area contributed by atoms with Crippen LogP contribution in [-0.2, 0) is 10.0 Å². The minimum absolute atomic E-state index is 0.00150. The Labute approximate surface area is 122 Å². The fraction of sp³-hybridized carbons (Fsp3) is 0.231. The molecule has 8 heteroatoms. The van der Waals surface area contributed by atoms with Gasteiger partial charge in [-0.1, -0.05) is 17.3 Å². The Bertz CT molecular complexity index is 767. The van der Waals surface area contributed by atoms with Gasteiger partial charge in [0, 0.05) is 6.07 Å². The zero-order chi connectivity index (χ0) is 15.6. The van der Waals surface area contributed by atoms with E-state index in [2.05, 4.69) is 10.5 Å². The molecule has 0 aliphatic carbocycles. The van der Waals surface area contributed by atoms with Crippen molar-refractivity contribution in [3.8, 4) is 0 Å². The number of hydrogen-bond donors (Lipinski definition) is 2. The van der Waals surface area contributed by atoms with Gasteiger partial charge >= 0.3 is 0 Å². The molecule has 3 N–H and O–H groups in total. The molecule has 0 saturated heterocycles. The largest absolute Gasteiger partial charge is 0.361 e. The molecule has 1 unspecified atom stereocenters. The fourth-order valence-electron chi connectivity index (χ4n) is 1.79. The highest BCUT2D eigenvalue weighted by Gasteiger charge is 2.16. The van der Waals surface area contributed by atoms with E-state index in [1.54, 1.807) is 26.0 Å². The monoisotopic (exact) mass is 309 g/mol. The van der Waals surface area contributed by atoms with Crippen molar-refractivity contribution in [1.82, 2.24) is 10.5 Å². The van der Waals surface area contributed by atoms with Gasteiger partial charge in [-0.15, -0.1) is 0 Å². The lowest BCUT2D eigenvalue weighted by molar-refractivity contribution is 0.0930. The first-order valence-electron chi connectivity index (χ1n) is 6.14. The van der Waals surface area contributed by atoms with Crippen LogP contribution in [0.25, 0.3) is 0 Å². The lowest BCUT2D eigenvalue weighted by atomic mass is 10.1. The summed E-state index contributed by atoms with van der Waals surface area (Å²) in [7, 11) is -3.78. The summed E-state index contributed by atoms with van der Waals surface area (Å²) >= 11 is 0. The smallest absolute Gasteiger partial charge is 0.273 e. The Kier molecular flexibility index (Phi) is 4.10. The number of aryl methyl sites for hydroxylation is 1. The van der Waals surface area contributed by atoms with E-state index in [-0.39, 0.29) is 10.6 Å². The molecule has 0 bridgehead atoms. The summed E-state index contributed by atoms with van der Waals surface area (Å²) in [4.78, 5) is 11.9. The third-order valence-electron chi connectivity index (χ3n) is 2.89. The molecular weight excluding hydrogens is 294 g/mol. The van der Waals surface area contributed by atoms with E-state index in [4.69, 9.17) is 9.66 Å². The number of nitrogens with one attached hydrogen (secondary N) is 1. The zero-order valence-corrected chi connectivity index (χ0v) is 12.3. The number of benzene rings is 1. The van der Waals surface area contributed by atoms with Crippen molar-refractivity contribution in [3.05, 3.63) is 47.3 Å². The summed E-state index contributed by atoms with van der Waals surface area (Å²) < 4.78 is 27.5. The average Bonchev–Trinajstić information content (AvgIpc) is 2.84. The molecule has 1 atom stereocenters. The van der Waals surface area contributed by atoms with Crippen molar-refractivity contribution in [1.29, 1.82) is 0 Å². The molecule has 2 rings (SSSR count). The zero-order valence-electron chi connectivity index (χ0n) is 11.5. The number of hydrogen-bond acceptors (Lipinski definition) is 5. The van der Waals surface area contributed by atoms with Gasteiger partial charge in [0.25, 0.3) is 5.91 Å². The van der Waals surface area contributed by atoms with Gasteiger partial charge in [-0.25, -0.2) is 13.6 Å². The number of sulfonamides is 1. The van der Waals surface area contributed by atoms with Crippen molar-refractivity contribution in [3.63, 3.8) is 0 Å². The Morgan fingerprint density at radius 3 is 2.67 bits per heavy atom. The first-order valence-corrected chi connectivity index (χ1v) is 7.69. The standard InChI is InChI=1S/C13H15N3O4S/c1-8-6-12(16-20-8)13(17)15-9(2)10-4-3-5-11(7-10)21(14,18)19/h3-7,9H,1-2H3,(H,15,17)(H2,14,18,19). The Morgan fingerprint density at radius 2 is 2.10 bits per heavy atom. The average molecular weight is 309 g/mol. The van der Waals surface area contributed by atoms with Crippen LogP contribution in [0.3, 0.4) is 0 Å². The quantitative estimate of drug-likeness (QED) is 0.878. The summed E-state index contributed by atoms with van der Waals surface area (Å²) in [5, 5.41) is 11.4. The molecule has 1 aromatic heterocycles. The molecule has 2 aromatic rings. The van der Waals surface area contributed by atoms with Gasteiger partial charge in [-0.3, -0.25) is 4.79 Å². The molecule has 21 heavy (non-hydrogen) atoms. The maximum absolute atomic E-state index is 11.9. The third kappa shape index (κ3) is 3.67. The Hall–Kier alpha value is -2.19. The fourth-order valence-corrected chi connectivity index (χ4v) is 2.36. The summed E-state index contributed by atoms with van der Waals surface area (Å²) in [6.07, 6.45) is 0. The van der Waals surface area contributed by atoms with Gasteiger partial charge in [0.1, 0.15) is 5.76 Å². The molecule has 1 amide bonds. The van der Waals surface area contributed by atoms with Gasteiger partial charge < -0.3 is 9.84 Å². The normalized spacial score (nSPS) is 12.9. The summed E-state index contributed by atoms with van der Waals surface area (Å²) in [6.45, 7) is 3.41. The van der Waals surface area contributed by atoms with Crippen LogP contribution < -0.4 is 10.5 Å².